The highest BCUT2D eigenvalue weighted by Gasteiger charge is 2.14. The monoisotopic (exact) mass is 376 g/mol. The Labute approximate surface area is 153 Å². The standard InChI is InChI=1S/C17H20N4O6/c1-10(2)7-18-17(26)19-13(22)9-27-14(23)8-21-16(25)12-6-4-3-5-11(12)15(24)20-21/h3-6,10H,7-9H2,1-2H3,(H,20,24)(H2,18,19,22,26). The van der Waals surface area contributed by atoms with Gasteiger partial charge in [0.2, 0.25) is 0 Å². The zero-order valence-corrected chi connectivity index (χ0v) is 14.9. The molecule has 0 radical (unpaired) electrons. The van der Waals surface area contributed by atoms with Gasteiger partial charge in [0.25, 0.3) is 17.0 Å². The molecule has 2 rings (SSSR count). The zero-order valence-electron chi connectivity index (χ0n) is 14.9. The fourth-order valence-corrected chi connectivity index (χ4v) is 2.18. The lowest BCUT2D eigenvalue weighted by atomic mass is 10.2. The first-order valence-electron chi connectivity index (χ1n) is 8.23. The number of benzene rings is 1. The topological polar surface area (TPSA) is 139 Å². The van der Waals surface area contributed by atoms with Crippen LogP contribution in [0.4, 0.5) is 4.79 Å². The van der Waals surface area contributed by atoms with Crippen LogP contribution in [0.15, 0.2) is 33.9 Å². The lowest BCUT2D eigenvalue weighted by molar-refractivity contribution is -0.149. The Kier molecular flexibility index (Phi) is 6.47. The lowest BCUT2D eigenvalue weighted by Crippen LogP contribution is -2.42. The zero-order chi connectivity index (χ0) is 20.0. The van der Waals surface area contributed by atoms with Crippen molar-refractivity contribution in [2.75, 3.05) is 13.2 Å². The summed E-state index contributed by atoms with van der Waals surface area (Å²) in [6.45, 7) is 2.90. The fraction of sp³-hybridized carbons (Fsp3) is 0.353. The van der Waals surface area contributed by atoms with Gasteiger partial charge in [-0.25, -0.2) is 9.48 Å². The molecule has 0 fully saturated rings. The number of amides is 3. The number of hydrogen-bond acceptors (Lipinski definition) is 6. The van der Waals surface area contributed by atoms with Crippen LogP contribution in [0.2, 0.25) is 0 Å². The molecule has 3 amide bonds. The molecule has 0 spiro atoms. The first kappa shape index (κ1) is 19.9. The van der Waals surface area contributed by atoms with Crippen molar-refractivity contribution in [3.8, 4) is 0 Å². The van der Waals surface area contributed by atoms with Gasteiger partial charge in [0.05, 0.1) is 10.8 Å². The average Bonchev–Trinajstić information content (AvgIpc) is 2.62. The Morgan fingerprint density at radius 3 is 2.48 bits per heavy atom. The molecule has 10 heteroatoms. The van der Waals surface area contributed by atoms with E-state index in [1.807, 2.05) is 19.2 Å². The van der Waals surface area contributed by atoms with Crippen LogP contribution >= 0.6 is 0 Å². The van der Waals surface area contributed by atoms with Gasteiger partial charge in [-0.3, -0.25) is 29.6 Å². The maximum atomic E-state index is 12.3. The fourth-order valence-electron chi connectivity index (χ4n) is 2.18. The van der Waals surface area contributed by atoms with E-state index >= 15 is 0 Å². The summed E-state index contributed by atoms with van der Waals surface area (Å²) in [5.74, 6) is -1.52. The molecule has 0 saturated heterocycles. The lowest BCUT2D eigenvalue weighted by Gasteiger charge is -2.09. The predicted octanol–water partition coefficient (Wildman–Crippen LogP) is -0.285. The number of ether oxygens (including phenoxy) is 1. The molecular weight excluding hydrogens is 356 g/mol. The Bertz CT molecular complexity index is 975. The van der Waals surface area contributed by atoms with Crippen LogP contribution in [0.25, 0.3) is 10.8 Å². The van der Waals surface area contributed by atoms with E-state index in [2.05, 4.69) is 10.4 Å². The number of hydrogen-bond donors (Lipinski definition) is 3. The van der Waals surface area contributed by atoms with Gasteiger partial charge in [-0.1, -0.05) is 26.0 Å². The van der Waals surface area contributed by atoms with E-state index < -0.39 is 42.2 Å². The highest BCUT2D eigenvalue weighted by molar-refractivity contribution is 5.95. The Balaban J connectivity index is 1.93. The molecular formula is C17H20N4O6. The number of imide groups is 1. The summed E-state index contributed by atoms with van der Waals surface area (Å²) < 4.78 is 5.53. The van der Waals surface area contributed by atoms with E-state index in [0.29, 0.717) is 6.54 Å². The molecule has 2 aromatic rings. The van der Waals surface area contributed by atoms with Crippen LogP contribution in [-0.2, 0) is 20.9 Å². The number of rotatable bonds is 6. The summed E-state index contributed by atoms with van der Waals surface area (Å²) in [6, 6.07) is 5.48. The quantitative estimate of drug-likeness (QED) is 0.592. The smallest absolute Gasteiger partial charge is 0.328 e. The summed E-state index contributed by atoms with van der Waals surface area (Å²) in [6.07, 6.45) is 0. The third-order valence-electron chi connectivity index (χ3n) is 3.46. The first-order valence-corrected chi connectivity index (χ1v) is 8.23. The normalized spacial score (nSPS) is 10.6. The third kappa shape index (κ3) is 5.53. The molecule has 0 saturated carbocycles. The van der Waals surface area contributed by atoms with Gasteiger partial charge in [0.1, 0.15) is 6.54 Å². The van der Waals surface area contributed by atoms with Crippen LogP contribution < -0.4 is 21.8 Å². The molecule has 1 aromatic carbocycles. The van der Waals surface area contributed by atoms with Gasteiger partial charge in [0, 0.05) is 6.54 Å². The molecule has 3 N–H and O–H groups in total. The highest BCUT2D eigenvalue weighted by Crippen LogP contribution is 2.02. The van der Waals surface area contributed by atoms with Crippen LogP contribution in [0.3, 0.4) is 0 Å². The van der Waals surface area contributed by atoms with Crippen LogP contribution in [0.1, 0.15) is 13.8 Å². The van der Waals surface area contributed by atoms with Gasteiger partial charge in [0.15, 0.2) is 6.61 Å². The van der Waals surface area contributed by atoms with E-state index in [1.54, 1.807) is 12.1 Å². The second-order valence-corrected chi connectivity index (χ2v) is 6.19. The van der Waals surface area contributed by atoms with E-state index in [4.69, 9.17) is 4.74 Å². The maximum Gasteiger partial charge on any atom is 0.328 e. The second kappa shape index (κ2) is 8.79. The van der Waals surface area contributed by atoms with Gasteiger partial charge in [-0.15, -0.1) is 0 Å². The van der Waals surface area contributed by atoms with Crippen molar-refractivity contribution in [2.45, 2.75) is 20.4 Å². The largest absolute Gasteiger partial charge is 0.454 e. The molecule has 144 valence electrons. The highest BCUT2D eigenvalue weighted by atomic mass is 16.5. The van der Waals surface area contributed by atoms with Gasteiger partial charge < -0.3 is 10.1 Å². The third-order valence-corrected chi connectivity index (χ3v) is 3.46. The summed E-state index contributed by atoms with van der Waals surface area (Å²) >= 11 is 0. The molecule has 0 bridgehead atoms. The van der Waals surface area contributed by atoms with Crippen molar-refractivity contribution < 1.29 is 19.1 Å². The summed E-state index contributed by atoms with van der Waals surface area (Å²) in [4.78, 5) is 59.1. The molecule has 0 atom stereocenters. The van der Waals surface area contributed by atoms with Gasteiger partial charge >= 0.3 is 12.0 Å². The number of urea groups is 1. The maximum absolute atomic E-state index is 12.3. The SMILES string of the molecule is CC(C)CNC(=O)NC(=O)COC(=O)Cn1[nH]c(=O)c2ccccc2c1=O. The Hall–Kier alpha value is -3.43. The minimum Gasteiger partial charge on any atom is -0.454 e. The van der Waals surface area contributed by atoms with Crippen molar-refractivity contribution in [1.29, 1.82) is 0 Å². The molecule has 1 heterocycles. The number of H-pyrrole nitrogens is 1. The summed E-state index contributed by atoms with van der Waals surface area (Å²) in [5, 5.41) is 7.13. The minimum absolute atomic E-state index is 0.161. The number of carbonyl (C=O) groups is 3. The number of aromatic amines is 1. The molecule has 1 aromatic heterocycles. The second-order valence-electron chi connectivity index (χ2n) is 6.19. The van der Waals surface area contributed by atoms with Gasteiger partial charge in [-0.2, -0.15) is 0 Å². The molecule has 0 unspecified atom stereocenters. The number of aromatic nitrogens is 2. The molecule has 0 aliphatic heterocycles. The Morgan fingerprint density at radius 1 is 1.15 bits per heavy atom. The number of esters is 1. The number of fused-ring (bicyclic) bond motifs is 1. The van der Waals surface area contributed by atoms with E-state index in [-0.39, 0.29) is 16.7 Å². The first-order chi connectivity index (χ1) is 12.8. The molecule has 27 heavy (non-hydrogen) atoms. The van der Waals surface area contributed by atoms with Crippen molar-refractivity contribution >= 4 is 28.7 Å². The summed E-state index contributed by atoms with van der Waals surface area (Å²) in [7, 11) is 0. The van der Waals surface area contributed by atoms with E-state index in [1.165, 1.54) is 12.1 Å². The molecule has 0 aliphatic rings. The van der Waals surface area contributed by atoms with Crippen LogP contribution in [0.5, 0.6) is 0 Å². The van der Waals surface area contributed by atoms with Crippen molar-refractivity contribution in [2.24, 2.45) is 5.92 Å². The van der Waals surface area contributed by atoms with Crippen molar-refractivity contribution in [1.82, 2.24) is 20.4 Å². The number of carbonyl (C=O) groups excluding carboxylic acids is 3. The van der Waals surface area contributed by atoms with E-state index in [0.717, 1.165) is 4.68 Å². The molecule has 0 aliphatic carbocycles. The van der Waals surface area contributed by atoms with Crippen LogP contribution in [0, 0.1) is 5.92 Å². The number of nitrogens with zero attached hydrogens (tertiary/aromatic N) is 1. The number of nitrogens with one attached hydrogen (secondary N) is 3. The van der Waals surface area contributed by atoms with Gasteiger partial charge in [-0.05, 0) is 18.1 Å². The van der Waals surface area contributed by atoms with Crippen LogP contribution in [-0.4, -0.2) is 40.8 Å². The average molecular weight is 376 g/mol. The molecule has 10 nitrogen and oxygen atoms in total. The Morgan fingerprint density at radius 2 is 1.81 bits per heavy atom. The van der Waals surface area contributed by atoms with Crippen molar-refractivity contribution in [3.05, 3.63) is 45.0 Å². The predicted molar refractivity (Wildman–Crippen MR) is 96.2 cm³/mol. The summed E-state index contributed by atoms with van der Waals surface area (Å²) in [5.41, 5.74) is -1.10. The minimum atomic E-state index is -0.916. The van der Waals surface area contributed by atoms with E-state index in [9.17, 15) is 24.0 Å². The van der Waals surface area contributed by atoms with Crippen molar-refractivity contribution in [3.63, 3.8) is 0 Å².